The van der Waals surface area contributed by atoms with Crippen LogP contribution >= 0.6 is 11.3 Å². The zero-order valence-electron chi connectivity index (χ0n) is 15.4. The predicted octanol–water partition coefficient (Wildman–Crippen LogP) is 4.58. The van der Waals surface area contributed by atoms with E-state index in [-0.39, 0.29) is 24.3 Å². The van der Waals surface area contributed by atoms with Gasteiger partial charge in [-0.2, -0.15) is 0 Å². The molecule has 1 atom stereocenters. The third-order valence-electron chi connectivity index (χ3n) is 4.29. The van der Waals surface area contributed by atoms with Crippen LogP contribution in [0.5, 0.6) is 0 Å². The highest BCUT2D eigenvalue weighted by Gasteiger charge is 2.18. The Morgan fingerprint density at radius 3 is 2.41 bits per heavy atom. The van der Waals surface area contributed by atoms with E-state index in [1.165, 1.54) is 12.5 Å². The summed E-state index contributed by atoms with van der Waals surface area (Å²) in [5, 5.41) is 8.18. The normalized spacial score (nSPS) is 11.6. The molecule has 0 bridgehead atoms. The van der Waals surface area contributed by atoms with Gasteiger partial charge in [0.25, 0.3) is 0 Å². The van der Waals surface area contributed by atoms with E-state index in [0.717, 1.165) is 10.4 Å². The molecule has 3 aromatic rings. The maximum absolute atomic E-state index is 12.6. The van der Waals surface area contributed by atoms with Crippen molar-refractivity contribution in [2.45, 2.75) is 19.9 Å². The average Bonchev–Trinajstić information content (AvgIpc) is 3.20. The number of Topliss-reactive ketones (excluding diaryl/α,β-unsaturated/α-hetero) is 1. The van der Waals surface area contributed by atoms with Crippen LogP contribution in [0.4, 0.5) is 5.69 Å². The first-order valence-electron chi connectivity index (χ1n) is 8.78. The minimum Gasteiger partial charge on any atom is -0.376 e. The summed E-state index contributed by atoms with van der Waals surface area (Å²) in [6, 6.07) is 19.2. The number of nitrogens with one attached hydrogen (secondary N) is 2. The second-order valence-electron chi connectivity index (χ2n) is 6.38. The van der Waals surface area contributed by atoms with Crippen molar-refractivity contribution in [3.63, 3.8) is 0 Å². The average molecular weight is 378 g/mol. The summed E-state index contributed by atoms with van der Waals surface area (Å²) in [5.41, 5.74) is 3.47. The molecule has 27 heavy (non-hydrogen) atoms. The maximum Gasteiger partial charge on any atom is 0.240 e. The number of aryl methyl sites for hydroxylation is 1. The number of hydrogen-bond donors (Lipinski definition) is 2. The lowest BCUT2D eigenvalue weighted by Crippen LogP contribution is -2.33. The Bertz CT molecular complexity index is 918. The summed E-state index contributed by atoms with van der Waals surface area (Å²) >= 11 is 1.61. The van der Waals surface area contributed by atoms with Gasteiger partial charge >= 0.3 is 0 Å². The lowest BCUT2D eigenvalue weighted by Gasteiger charge is -2.19. The number of hydrogen-bond acceptors (Lipinski definition) is 4. The molecule has 3 rings (SSSR count). The topological polar surface area (TPSA) is 58.2 Å². The number of benzene rings is 2. The zero-order chi connectivity index (χ0) is 19.2. The molecule has 0 aliphatic rings. The summed E-state index contributed by atoms with van der Waals surface area (Å²) < 4.78 is 0. The SMILES string of the molecule is CC(=O)c1ccccc1NCC(=O)N[C@H](c1ccc(C)cc1)c1cccs1. The molecule has 2 aromatic carbocycles. The standard InChI is InChI=1S/C22H22N2O2S/c1-15-9-11-17(12-10-15)22(20-8-5-13-27-20)24-21(26)14-23-19-7-4-3-6-18(19)16(2)25/h3-13,22-23H,14H2,1-2H3,(H,24,26)/t22-/m1/s1. The number of amides is 1. The molecule has 0 saturated heterocycles. The lowest BCUT2D eigenvalue weighted by molar-refractivity contribution is -0.119. The van der Waals surface area contributed by atoms with Crippen LogP contribution in [0, 0.1) is 6.92 Å². The van der Waals surface area contributed by atoms with Crippen LogP contribution in [-0.2, 0) is 4.79 Å². The molecule has 5 heteroatoms. The molecular formula is C22H22N2O2S. The van der Waals surface area contributed by atoms with Gasteiger partial charge in [-0.05, 0) is 43.0 Å². The molecule has 138 valence electrons. The van der Waals surface area contributed by atoms with Crippen LogP contribution in [0.1, 0.15) is 39.3 Å². The van der Waals surface area contributed by atoms with Gasteiger partial charge in [0.2, 0.25) is 5.91 Å². The molecule has 1 aromatic heterocycles. The van der Waals surface area contributed by atoms with Crippen LogP contribution in [0.15, 0.2) is 66.0 Å². The van der Waals surface area contributed by atoms with Gasteiger partial charge < -0.3 is 10.6 Å². The predicted molar refractivity (Wildman–Crippen MR) is 110 cm³/mol. The van der Waals surface area contributed by atoms with Crippen molar-refractivity contribution in [1.29, 1.82) is 0 Å². The van der Waals surface area contributed by atoms with Crippen molar-refractivity contribution in [3.8, 4) is 0 Å². The Kier molecular flexibility index (Phi) is 6.04. The first-order chi connectivity index (χ1) is 13.0. The van der Waals surface area contributed by atoms with Gasteiger partial charge in [-0.1, -0.05) is 48.0 Å². The van der Waals surface area contributed by atoms with E-state index in [0.29, 0.717) is 11.3 Å². The number of thiophene rings is 1. The number of para-hydroxylation sites is 1. The summed E-state index contributed by atoms with van der Waals surface area (Å²) in [5.74, 6) is -0.165. The second-order valence-corrected chi connectivity index (χ2v) is 7.36. The molecule has 0 unspecified atom stereocenters. The van der Waals surface area contributed by atoms with Crippen molar-refractivity contribution in [1.82, 2.24) is 5.32 Å². The van der Waals surface area contributed by atoms with Crippen molar-refractivity contribution in [2.75, 3.05) is 11.9 Å². The van der Waals surface area contributed by atoms with Gasteiger partial charge in [-0.15, -0.1) is 11.3 Å². The first kappa shape index (κ1) is 18.9. The van der Waals surface area contributed by atoms with Crippen LogP contribution in [-0.4, -0.2) is 18.2 Å². The van der Waals surface area contributed by atoms with E-state index in [2.05, 4.69) is 10.6 Å². The third kappa shape index (κ3) is 4.83. The van der Waals surface area contributed by atoms with Crippen LogP contribution in [0.3, 0.4) is 0 Å². The van der Waals surface area contributed by atoms with E-state index >= 15 is 0 Å². The monoisotopic (exact) mass is 378 g/mol. The van der Waals surface area contributed by atoms with Gasteiger partial charge in [-0.3, -0.25) is 9.59 Å². The van der Waals surface area contributed by atoms with Crippen LogP contribution in [0.2, 0.25) is 0 Å². The summed E-state index contributed by atoms with van der Waals surface area (Å²) in [4.78, 5) is 25.4. The van der Waals surface area contributed by atoms with Gasteiger partial charge in [0.05, 0.1) is 12.6 Å². The minimum atomic E-state index is -0.192. The van der Waals surface area contributed by atoms with Gasteiger partial charge in [0.15, 0.2) is 5.78 Å². The van der Waals surface area contributed by atoms with Crippen LogP contribution in [0.25, 0.3) is 0 Å². The van der Waals surface area contributed by atoms with Gasteiger partial charge in [0.1, 0.15) is 0 Å². The molecule has 0 aliphatic heterocycles. The Hall–Kier alpha value is -2.92. The van der Waals surface area contributed by atoms with Crippen molar-refractivity contribution < 1.29 is 9.59 Å². The first-order valence-corrected chi connectivity index (χ1v) is 9.65. The smallest absolute Gasteiger partial charge is 0.240 e. The summed E-state index contributed by atoms with van der Waals surface area (Å²) in [6.45, 7) is 3.65. The lowest BCUT2D eigenvalue weighted by atomic mass is 10.0. The Labute approximate surface area is 163 Å². The van der Waals surface area contributed by atoms with E-state index < -0.39 is 0 Å². The Morgan fingerprint density at radius 1 is 1.00 bits per heavy atom. The molecule has 0 fully saturated rings. The third-order valence-corrected chi connectivity index (χ3v) is 5.23. The number of anilines is 1. The molecular weight excluding hydrogens is 356 g/mol. The van der Waals surface area contributed by atoms with Crippen molar-refractivity contribution in [3.05, 3.63) is 87.6 Å². The molecule has 1 heterocycles. The summed E-state index contributed by atoms with van der Waals surface area (Å²) in [6.07, 6.45) is 0. The molecule has 1 amide bonds. The fourth-order valence-electron chi connectivity index (χ4n) is 2.86. The Balaban J connectivity index is 1.72. The molecule has 0 spiro atoms. The van der Waals surface area contributed by atoms with E-state index in [1.807, 2.05) is 60.8 Å². The largest absolute Gasteiger partial charge is 0.376 e. The number of carbonyl (C=O) groups excluding carboxylic acids is 2. The van der Waals surface area contributed by atoms with E-state index in [1.54, 1.807) is 23.5 Å². The molecule has 2 N–H and O–H groups in total. The molecule has 0 saturated carbocycles. The van der Waals surface area contributed by atoms with E-state index in [9.17, 15) is 9.59 Å². The minimum absolute atomic E-state index is 0.0328. The zero-order valence-corrected chi connectivity index (χ0v) is 16.2. The van der Waals surface area contributed by atoms with Crippen LogP contribution < -0.4 is 10.6 Å². The fourth-order valence-corrected chi connectivity index (χ4v) is 3.67. The number of carbonyl (C=O) groups is 2. The highest BCUT2D eigenvalue weighted by Crippen LogP contribution is 2.26. The van der Waals surface area contributed by atoms with Crippen molar-refractivity contribution >= 4 is 28.7 Å². The van der Waals surface area contributed by atoms with E-state index in [4.69, 9.17) is 0 Å². The quantitative estimate of drug-likeness (QED) is 0.592. The highest BCUT2D eigenvalue weighted by molar-refractivity contribution is 7.10. The number of ketones is 1. The number of rotatable bonds is 7. The molecule has 0 radical (unpaired) electrons. The van der Waals surface area contributed by atoms with Crippen molar-refractivity contribution in [2.24, 2.45) is 0 Å². The summed E-state index contributed by atoms with van der Waals surface area (Å²) in [7, 11) is 0. The molecule has 0 aliphatic carbocycles. The molecule has 4 nitrogen and oxygen atoms in total. The maximum atomic E-state index is 12.6. The highest BCUT2D eigenvalue weighted by atomic mass is 32.1. The van der Waals surface area contributed by atoms with Gasteiger partial charge in [-0.25, -0.2) is 0 Å². The Morgan fingerprint density at radius 2 is 1.74 bits per heavy atom. The fraction of sp³-hybridized carbons (Fsp3) is 0.182. The second kappa shape index (κ2) is 8.64. The van der Waals surface area contributed by atoms with Gasteiger partial charge in [0, 0.05) is 16.1 Å².